The van der Waals surface area contributed by atoms with Gasteiger partial charge in [0.2, 0.25) is 0 Å². The van der Waals surface area contributed by atoms with Gasteiger partial charge in [-0.25, -0.2) is 4.98 Å². The summed E-state index contributed by atoms with van der Waals surface area (Å²) in [5.41, 5.74) is 0.481. The predicted molar refractivity (Wildman–Crippen MR) is 32.7 cm³/mol. The van der Waals surface area contributed by atoms with Crippen LogP contribution in [0.2, 0.25) is 0 Å². The molecule has 0 aromatic carbocycles. The summed E-state index contributed by atoms with van der Waals surface area (Å²) < 4.78 is 1.82. The van der Waals surface area contributed by atoms with Gasteiger partial charge in [-0.15, -0.1) is 0 Å². The van der Waals surface area contributed by atoms with Gasteiger partial charge in [-0.3, -0.25) is 0 Å². The standard InChI is InChI=1S/C6H7N3/c1-5-8-6(3-7)4-9(5)2/h4H,1-2H3. The Labute approximate surface area is 53.6 Å². The van der Waals surface area contributed by atoms with E-state index in [-0.39, 0.29) is 0 Å². The molecule has 0 amide bonds. The molecular weight excluding hydrogens is 114 g/mol. The van der Waals surface area contributed by atoms with Gasteiger partial charge in [0.05, 0.1) is 0 Å². The molecule has 0 N–H and O–H groups in total. The highest BCUT2D eigenvalue weighted by molar-refractivity contribution is 5.17. The molecule has 9 heavy (non-hydrogen) atoms. The fraction of sp³-hybridized carbons (Fsp3) is 0.333. The van der Waals surface area contributed by atoms with E-state index in [0.717, 1.165) is 5.82 Å². The zero-order valence-corrected chi connectivity index (χ0v) is 5.42. The van der Waals surface area contributed by atoms with Crippen molar-refractivity contribution >= 4 is 0 Å². The first kappa shape index (κ1) is 5.83. The number of nitriles is 1. The Bertz CT molecular complexity index is 234. The van der Waals surface area contributed by atoms with Crippen LogP contribution in [-0.2, 0) is 7.05 Å². The van der Waals surface area contributed by atoms with E-state index in [0.29, 0.717) is 5.69 Å². The normalized spacial score (nSPS) is 9.00. The SMILES string of the molecule is Cc1nc(C#N)cn1C. The molecule has 1 heterocycles. The van der Waals surface area contributed by atoms with Crippen molar-refractivity contribution in [1.82, 2.24) is 9.55 Å². The van der Waals surface area contributed by atoms with Gasteiger partial charge in [-0.1, -0.05) is 0 Å². The lowest BCUT2D eigenvalue weighted by Gasteiger charge is -1.87. The van der Waals surface area contributed by atoms with Crippen LogP contribution in [0, 0.1) is 18.3 Å². The maximum atomic E-state index is 8.35. The summed E-state index contributed by atoms with van der Waals surface area (Å²) >= 11 is 0. The van der Waals surface area contributed by atoms with Crippen molar-refractivity contribution in [2.75, 3.05) is 0 Å². The molecule has 1 aromatic heterocycles. The van der Waals surface area contributed by atoms with Crippen LogP contribution in [0.5, 0.6) is 0 Å². The van der Waals surface area contributed by atoms with Crippen LogP contribution in [0.25, 0.3) is 0 Å². The fourth-order valence-electron chi connectivity index (χ4n) is 0.613. The maximum absolute atomic E-state index is 8.35. The number of aryl methyl sites for hydroxylation is 2. The summed E-state index contributed by atoms with van der Waals surface area (Å²) in [5, 5.41) is 8.35. The van der Waals surface area contributed by atoms with Crippen LogP contribution < -0.4 is 0 Å². The lowest BCUT2D eigenvalue weighted by molar-refractivity contribution is 0.858. The molecule has 3 heteroatoms. The highest BCUT2D eigenvalue weighted by Crippen LogP contribution is 1.96. The zero-order valence-electron chi connectivity index (χ0n) is 5.42. The molecule has 0 saturated heterocycles. The first-order valence-corrected chi connectivity index (χ1v) is 2.64. The summed E-state index contributed by atoms with van der Waals surface area (Å²) in [7, 11) is 1.86. The van der Waals surface area contributed by atoms with Crippen LogP contribution in [0.3, 0.4) is 0 Å². The maximum Gasteiger partial charge on any atom is 0.158 e. The highest BCUT2D eigenvalue weighted by atomic mass is 15.0. The molecule has 1 aromatic rings. The van der Waals surface area contributed by atoms with Crippen molar-refractivity contribution in [1.29, 1.82) is 5.26 Å². The van der Waals surface area contributed by atoms with Gasteiger partial charge in [-0.05, 0) is 6.92 Å². The van der Waals surface area contributed by atoms with Gasteiger partial charge < -0.3 is 4.57 Å². The lowest BCUT2D eigenvalue weighted by atomic mass is 10.5. The van der Waals surface area contributed by atoms with Gasteiger partial charge >= 0.3 is 0 Å². The van der Waals surface area contributed by atoms with Gasteiger partial charge in [0, 0.05) is 13.2 Å². The second-order valence-electron chi connectivity index (χ2n) is 1.90. The topological polar surface area (TPSA) is 41.6 Å². The van der Waals surface area contributed by atoms with Crippen LogP contribution in [0.1, 0.15) is 11.5 Å². The van der Waals surface area contributed by atoms with Gasteiger partial charge in [0.25, 0.3) is 0 Å². The minimum Gasteiger partial charge on any atom is -0.337 e. The highest BCUT2D eigenvalue weighted by Gasteiger charge is 1.96. The molecule has 0 fully saturated rings. The molecule has 0 bridgehead atoms. The van der Waals surface area contributed by atoms with Crippen molar-refractivity contribution in [2.24, 2.45) is 7.05 Å². The number of imidazole rings is 1. The zero-order chi connectivity index (χ0) is 6.85. The third-order valence-electron chi connectivity index (χ3n) is 1.22. The van der Waals surface area contributed by atoms with Crippen molar-refractivity contribution in [3.63, 3.8) is 0 Å². The van der Waals surface area contributed by atoms with Crippen molar-refractivity contribution < 1.29 is 0 Å². The molecule has 0 aliphatic rings. The molecule has 0 atom stereocenters. The molecule has 0 aliphatic carbocycles. The second-order valence-corrected chi connectivity index (χ2v) is 1.90. The van der Waals surface area contributed by atoms with E-state index in [1.807, 2.05) is 24.6 Å². The number of rotatable bonds is 0. The van der Waals surface area contributed by atoms with E-state index >= 15 is 0 Å². The molecule has 0 spiro atoms. The minimum atomic E-state index is 0.481. The Balaban J connectivity index is 3.16. The Kier molecular flexibility index (Phi) is 1.23. The van der Waals surface area contributed by atoms with Crippen molar-refractivity contribution in [3.05, 3.63) is 17.7 Å². The van der Waals surface area contributed by atoms with Crippen molar-refractivity contribution in [2.45, 2.75) is 6.92 Å². The first-order chi connectivity index (χ1) is 4.24. The molecule has 0 aliphatic heterocycles. The first-order valence-electron chi connectivity index (χ1n) is 2.64. The number of hydrogen-bond donors (Lipinski definition) is 0. The number of nitrogens with zero attached hydrogens (tertiary/aromatic N) is 3. The second kappa shape index (κ2) is 1.90. The predicted octanol–water partition coefficient (Wildman–Crippen LogP) is 0.600. The molecule has 3 nitrogen and oxygen atoms in total. The molecule has 0 radical (unpaired) electrons. The average Bonchev–Trinajstić information content (AvgIpc) is 2.13. The monoisotopic (exact) mass is 121 g/mol. The van der Waals surface area contributed by atoms with E-state index in [2.05, 4.69) is 4.98 Å². The fourth-order valence-corrected chi connectivity index (χ4v) is 0.613. The Morgan fingerprint density at radius 2 is 2.44 bits per heavy atom. The molecule has 46 valence electrons. The van der Waals surface area contributed by atoms with Crippen molar-refractivity contribution in [3.8, 4) is 6.07 Å². The minimum absolute atomic E-state index is 0.481. The number of hydrogen-bond acceptors (Lipinski definition) is 2. The largest absolute Gasteiger partial charge is 0.337 e. The quantitative estimate of drug-likeness (QED) is 0.504. The third-order valence-corrected chi connectivity index (χ3v) is 1.22. The Morgan fingerprint density at radius 1 is 1.78 bits per heavy atom. The summed E-state index contributed by atoms with van der Waals surface area (Å²) in [6, 6.07) is 1.96. The molecule has 0 saturated carbocycles. The lowest BCUT2D eigenvalue weighted by Crippen LogP contribution is -1.86. The average molecular weight is 121 g/mol. The smallest absolute Gasteiger partial charge is 0.158 e. The van der Waals surface area contributed by atoms with Crippen LogP contribution in [-0.4, -0.2) is 9.55 Å². The molecule has 0 unspecified atom stereocenters. The summed E-state index contributed by atoms with van der Waals surface area (Å²) in [6.07, 6.45) is 1.70. The molecular formula is C6H7N3. The summed E-state index contributed by atoms with van der Waals surface area (Å²) in [6.45, 7) is 1.86. The van der Waals surface area contributed by atoms with E-state index < -0.39 is 0 Å². The van der Waals surface area contributed by atoms with Gasteiger partial charge in [-0.2, -0.15) is 5.26 Å². The van der Waals surface area contributed by atoms with E-state index in [1.54, 1.807) is 6.20 Å². The Hall–Kier alpha value is -1.30. The Morgan fingerprint density at radius 3 is 2.67 bits per heavy atom. The van der Waals surface area contributed by atoms with E-state index in [4.69, 9.17) is 5.26 Å². The third kappa shape index (κ3) is 0.918. The van der Waals surface area contributed by atoms with Gasteiger partial charge in [0.15, 0.2) is 5.69 Å². The van der Waals surface area contributed by atoms with Crippen LogP contribution in [0.15, 0.2) is 6.20 Å². The molecule has 1 rings (SSSR count). The van der Waals surface area contributed by atoms with E-state index in [9.17, 15) is 0 Å². The van der Waals surface area contributed by atoms with Crippen LogP contribution in [0.4, 0.5) is 0 Å². The number of aromatic nitrogens is 2. The summed E-state index contributed by atoms with van der Waals surface area (Å²) in [5.74, 6) is 0.867. The van der Waals surface area contributed by atoms with E-state index in [1.165, 1.54) is 0 Å². The van der Waals surface area contributed by atoms with Gasteiger partial charge in [0.1, 0.15) is 11.9 Å². The summed E-state index contributed by atoms with van der Waals surface area (Å²) in [4.78, 5) is 3.93. The van der Waals surface area contributed by atoms with Crippen LogP contribution >= 0.6 is 0 Å².